The normalized spacial score (nSPS) is 12.6. The Bertz CT molecular complexity index is 518. The third kappa shape index (κ3) is 1.99. The van der Waals surface area contributed by atoms with E-state index in [9.17, 15) is 9.90 Å². The summed E-state index contributed by atoms with van der Waals surface area (Å²) in [7, 11) is 0. The van der Waals surface area contributed by atoms with Crippen LogP contribution in [0.2, 0.25) is 0 Å². The maximum absolute atomic E-state index is 10.9. The smallest absolute Gasteiger partial charge is 0.336 e. The van der Waals surface area contributed by atoms with Gasteiger partial charge in [-0.05, 0) is 18.4 Å². The van der Waals surface area contributed by atoms with Crippen molar-refractivity contribution in [3.8, 4) is 0 Å². The van der Waals surface area contributed by atoms with Gasteiger partial charge in [-0.3, -0.25) is 0 Å². The number of aliphatic hydroxyl groups is 1. The highest BCUT2D eigenvalue weighted by molar-refractivity contribution is 7.11. The molecule has 0 fully saturated rings. The molecule has 0 amide bonds. The van der Waals surface area contributed by atoms with Gasteiger partial charge >= 0.3 is 5.97 Å². The number of carbonyl (C=O) groups is 1. The van der Waals surface area contributed by atoms with Crippen LogP contribution in [0.15, 0.2) is 16.8 Å². The molecular weight excluding hydrogens is 246 g/mol. The molecule has 16 heavy (non-hydrogen) atoms. The first-order valence-corrected chi connectivity index (χ1v) is 6.26. The van der Waals surface area contributed by atoms with Gasteiger partial charge in [0.1, 0.15) is 11.1 Å². The molecule has 0 aromatic carbocycles. The number of nitrogens with zero attached hydrogens (tertiary/aromatic N) is 1. The standard InChI is InChI=1S/C10H9NO3S2/c1-5-4-16-9(11-5)7(12)8-6(10(13)14)2-3-15-8/h2-4,7,12H,1H3,(H,13,14). The minimum atomic E-state index is -1.02. The Morgan fingerprint density at radius 1 is 1.50 bits per heavy atom. The van der Waals surface area contributed by atoms with E-state index in [0.29, 0.717) is 9.88 Å². The number of thiazole rings is 1. The van der Waals surface area contributed by atoms with Crippen molar-refractivity contribution in [1.82, 2.24) is 4.98 Å². The molecule has 2 aromatic heterocycles. The molecule has 84 valence electrons. The van der Waals surface area contributed by atoms with Crippen LogP contribution in [0.1, 0.15) is 32.0 Å². The van der Waals surface area contributed by atoms with Gasteiger partial charge in [0.25, 0.3) is 0 Å². The molecule has 0 spiro atoms. The number of thiophene rings is 1. The van der Waals surface area contributed by atoms with Crippen LogP contribution in [0.25, 0.3) is 0 Å². The number of carboxylic acid groups (broad SMARTS) is 1. The molecule has 0 saturated carbocycles. The molecule has 0 bridgehead atoms. The first-order chi connectivity index (χ1) is 7.59. The highest BCUT2D eigenvalue weighted by Gasteiger charge is 2.22. The van der Waals surface area contributed by atoms with Crippen LogP contribution in [0.3, 0.4) is 0 Å². The van der Waals surface area contributed by atoms with Crippen LogP contribution < -0.4 is 0 Å². The molecule has 6 heteroatoms. The first kappa shape index (κ1) is 11.3. The van der Waals surface area contributed by atoms with Gasteiger partial charge in [0.05, 0.1) is 10.4 Å². The Kier molecular flexibility index (Phi) is 3.04. The van der Waals surface area contributed by atoms with Crippen molar-refractivity contribution in [1.29, 1.82) is 0 Å². The van der Waals surface area contributed by atoms with Crippen molar-refractivity contribution in [2.75, 3.05) is 0 Å². The van der Waals surface area contributed by atoms with Crippen LogP contribution in [0.4, 0.5) is 0 Å². The van der Waals surface area contributed by atoms with E-state index in [0.717, 1.165) is 5.69 Å². The number of aryl methyl sites for hydroxylation is 1. The van der Waals surface area contributed by atoms with Gasteiger partial charge in [-0.1, -0.05) is 0 Å². The van der Waals surface area contributed by atoms with Gasteiger partial charge in [-0.25, -0.2) is 9.78 Å². The van der Waals surface area contributed by atoms with Gasteiger partial charge in [-0.15, -0.1) is 22.7 Å². The fraction of sp³-hybridized carbons (Fsp3) is 0.200. The van der Waals surface area contributed by atoms with E-state index in [2.05, 4.69) is 4.98 Å². The lowest BCUT2D eigenvalue weighted by molar-refractivity contribution is 0.0692. The van der Waals surface area contributed by atoms with Crippen LogP contribution in [0, 0.1) is 6.92 Å². The van der Waals surface area contributed by atoms with Crippen molar-refractivity contribution in [2.45, 2.75) is 13.0 Å². The van der Waals surface area contributed by atoms with Gasteiger partial charge in [0, 0.05) is 11.1 Å². The van der Waals surface area contributed by atoms with Crippen LogP contribution >= 0.6 is 22.7 Å². The Labute approximate surface area is 99.8 Å². The molecule has 2 rings (SSSR count). The van der Waals surface area contributed by atoms with E-state index in [-0.39, 0.29) is 5.56 Å². The number of aromatic carboxylic acids is 1. The maximum atomic E-state index is 10.9. The summed E-state index contributed by atoms with van der Waals surface area (Å²) in [6, 6.07) is 1.49. The van der Waals surface area contributed by atoms with Crippen molar-refractivity contribution in [2.24, 2.45) is 0 Å². The van der Waals surface area contributed by atoms with Gasteiger partial charge < -0.3 is 10.2 Å². The summed E-state index contributed by atoms with van der Waals surface area (Å²) in [5, 5.41) is 23.0. The van der Waals surface area contributed by atoms with Gasteiger partial charge in [0.15, 0.2) is 0 Å². The Morgan fingerprint density at radius 2 is 2.25 bits per heavy atom. The molecule has 1 atom stereocenters. The predicted octanol–water partition coefficient (Wildman–Crippen LogP) is 2.29. The lowest BCUT2D eigenvalue weighted by Crippen LogP contribution is -2.04. The topological polar surface area (TPSA) is 70.4 Å². The molecule has 4 nitrogen and oxygen atoms in total. The molecule has 0 aliphatic heterocycles. The Balaban J connectivity index is 2.37. The van der Waals surface area contributed by atoms with Crippen LogP contribution in [-0.4, -0.2) is 21.2 Å². The monoisotopic (exact) mass is 255 g/mol. The van der Waals surface area contributed by atoms with E-state index >= 15 is 0 Å². The first-order valence-electron chi connectivity index (χ1n) is 4.50. The quantitative estimate of drug-likeness (QED) is 0.882. The SMILES string of the molecule is Cc1csc(C(O)c2sccc2C(=O)O)n1. The average Bonchev–Trinajstić information content (AvgIpc) is 2.84. The highest BCUT2D eigenvalue weighted by atomic mass is 32.1. The number of aromatic nitrogens is 1. The summed E-state index contributed by atoms with van der Waals surface area (Å²) in [6.07, 6.45) is -0.940. The summed E-state index contributed by atoms with van der Waals surface area (Å²) >= 11 is 2.55. The van der Waals surface area contributed by atoms with Crippen molar-refractivity contribution < 1.29 is 15.0 Å². The fourth-order valence-corrected chi connectivity index (χ4v) is 3.05. The van der Waals surface area contributed by atoms with E-state index in [1.807, 2.05) is 12.3 Å². The second-order valence-electron chi connectivity index (χ2n) is 3.23. The van der Waals surface area contributed by atoms with E-state index in [1.54, 1.807) is 5.38 Å². The van der Waals surface area contributed by atoms with Crippen LogP contribution in [-0.2, 0) is 0 Å². The maximum Gasteiger partial charge on any atom is 0.336 e. The number of carboxylic acids is 1. The minimum absolute atomic E-state index is 0.144. The molecule has 0 aliphatic rings. The summed E-state index contributed by atoms with van der Waals surface area (Å²) in [5.74, 6) is -1.02. The number of hydrogen-bond acceptors (Lipinski definition) is 5. The molecule has 2 aromatic rings. The molecule has 2 N–H and O–H groups in total. The van der Waals surface area contributed by atoms with Crippen molar-refractivity contribution in [3.63, 3.8) is 0 Å². The molecule has 0 radical (unpaired) electrons. The van der Waals surface area contributed by atoms with E-state index < -0.39 is 12.1 Å². The lowest BCUT2D eigenvalue weighted by Gasteiger charge is -2.06. The Hall–Kier alpha value is -1.24. The van der Waals surface area contributed by atoms with E-state index in [4.69, 9.17) is 5.11 Å². The van der Waals surface area contributed by atoms with Crippen molar-refractivity contribution in [3.05, 3.63) is 38.0 Å². The summed E-state index contributed by atoms with van der Waals surface area (Å²) < 4.78 is 0. The van der Waals surface area contributed by atoms with Gasteiger partial charge in [0.2, 0.25) is 0 Å². The zero-order valence-corrected chi connectivity index (χ0v) is 10.0. The average molecular weight is 255 g/mol. The van der Waals surface area contributed by atoms with Crippen LogP contribution in [0.5, 0.6) is 0 Å². The summed E-state index contributed by atoms with van der Waals surface area (Å²) in [6.45, 7) is 1.83. The summed E-state index contributed by atoms with van der Waals surface area (Å²) in [4.78, 5) is 15.5. The predicted molar refractivity (Wildman–Crippen MR) is 62.2 cm³/mol. The third-order valence-electron chi connectivity index (χ3n) is 2.04. The largest absolute Gasteiger partial charge is 0.478 e. The number of rotatable bonds is 3. The van der Waals surface area contributed by atoms with Gasteiger partial charge in [-0.2, -0.15) is 0 Å². The highest BCUT2D eigenvalue weighted by Crippen LogP contribution is 2.31. The molecular formula is C10H9NO3S2. The zero-order chi connectivity index (χ0) is 11.7. The molecule has 1 unspecified atom stereocenters. The fourth-order valence-electron chi connectivity index (χ4n) is 1.32. The number of aliphatic hydroxyl groups excluding tert-OH is 1. The number of hydrogen-bond donors (Lipinski definition) is 2. The third-order valence-corrected chi connectivity index (χ3v) is 4.03. The van der Waals surface area contributed by atoms with E-state index in [1.165, 1.54) is 28.7 Å². The van der Waals surface area contributed by atoms with Crippen molar-refractivity contribution >= 4 is 28.6 Å². The minimum Gasteiger partial charge on any atom is -0.478 e. The molecule has 2 heterocycles. The summed E-state index contributed by atoms with van der Waals surface area (Å²) in [5.41, 5.74) is 0.970. The Morgan fingerprint density at radius 3 is 2.81 bits per heavy atom. The molecule has 0 saturated heterocycles. The second kappa shape index (κ2) is 4.32. The second-order valence-corrected chi connectivity index (χ2v) is 5.07. The lowest BCUT2D eigenvalue weighted by atomic mass is 10.2. The zero-order valence-electron chi connectivity index (χ0n) is 8.38. The molecule has 0 aliphatic carbocycles.